The SMILES string of the molecule is O=C(OC1OCCN(Cc2ccccc2)C1c1ccc(F)cc1)c1cc(F)cc(C(F)(F)F)c1. The summed E-state index contributed by atoms with van der Waals surface area (Å²) in [7, 11) is 0. The van der Waals surface area contributed by atoms with Crippen molar-refractivity contribution in [3.8, 4) is 0 Å². The average molecular weight is 477 g/mol. The van der Waals surface area contributed by atoms with Gasteiger partial charge in [-0.2, -0.15) is 13.2 Å². The van der Waals surface area contributed by atoms with Crippen molar-refractivity contribution in [1.82, 2.24) is 4.90 Å². The molecule has 1 aliphatic rings. The second-order valence-corrected chi connectivity index (χ2v) is 7.82. The number of hydrogen-bond donors (Lipinski definition) is 0. The molecule has 0 radical (unpaired) electrons. The van der Waals surface area contributed by atoms with E-state index in [2.05, 4.69) is 0 Å². The zero-order valence-corrected chi connectivity index (χ0v) is 17.8. The van der Waals surface area contributed by atoms with Gasteiger partial charge in [0, 0.05) is 13.1 Å². The number of carbonyl (C=O) groups is 1. The highest BCUT2D eigenvalue weighted by Gasteiger charge is 2.37. The van der Waals surface area contributed by atoms with Gasteiger partial charge in [0.05, 0.1) is 23.8 Å². The lowest BCUT2D eigenvalue weighted by atomic mass is 10.0. The highest BCUT2D eigenvalue weighted by Crippen LogP contribution is 2.34. The molecular formula is C25H20F5NO3. The molecule has 4 rings (SSSR count). The van der Waals surface area contributed by atoms with Crippen molar-refractivity contribution in [2.45, 2.75) is 25.1 Å². The van der Waals surface area contributed by atoms with Gasteiger partial charge in [0.15, 0.2) is 0 Å². The van der Waals surface area contributed by atoms with Crippen molar-refractivity contribution in [3.63, 3.8) is 0 Å². The van der Waals surface area contributed by atoms with Crippen LogP contribution >= 0.6 is 0 Å². The number of hydrogen-bond acceptors (Lipinski definition) is 4. The molecule has 0 saturated carbocycles. The van der Waals surface area contributed by atoms with E-state index in [0.29, 0.717) is 36.9 Å². The molecule has 2 unspecified atom stereocenters. The molecule has 0 amide bonds. The Hall–Kier alpha value is -3.30. The molecular weight excluding hydrogens is 457 g/mol. The minimum atomic E-state index is -4.83. The number of benzene rings is 3. The number of rotatable bonds is 5. The smallest absolute Gasteiger partial charge is 0.416 e. The summed E-state index contributed by atoms with van der Waals surface area (Å²) in [6.07, 6.45) is -6.05. The van der Waals surface area contributed by atoms with Crippen LogP contribution in [0.2, 0.25) is 0 Å². The van der Waals surface area contributed by atoms with Crippen LogP contribution < -0.4 is 0 Å². The van der Waals surface area contributed by atoms with E-state index in [0.717, 1.165) is 5.56 Å². The van der Waals surface area contributed by atoms with Crippen LogP contribution in [-0.4, -0.2) is 30.3 Å². The van der Waals surface area contributed by atoms with Crippen LogP contribution in [0.1, 0.15) is 33.1 Å². The number of carbonyl (C=O) groups excluding carboxylic acids is 1. The zero-order chi connectivity index (χ0) is 24.3. The van der Waals surface area contributed by atoms with Gasteiger partial charge in [-0.05, 0) is 41.5 Å². The molecule has 3 aromatic carbocycles. The minimum absolute atomic E-state index is 0.180. The van der Waals surface area contributed by atoms with Gasteiger partial charge in [-0.25, -0.2) is 13.6 Å². The van der Waals surface area contributed by atoms with Crippen LogP contribution in [0.3, 0.4) is 0 Å². The molecule has 2 atom stereocenters. The molecule has 3 aromatic rings. The lowest BCUT2D eigenvalue weighted by Crippen LogP contribution is -2.46. The van der Waals surface area contributed by atoms with Crippen LogP contribution in [0.4, 0.5) is 22.0 Å². The Kier molecular flexibility index (Phi) is 6.95. The van der Waals surface area contributed by atoms with Gasteiger partial charge in [-0.1, -0.05) is 42.5 Å². The van der Waals surface area contributed by atoms with Gasteiger partial charge >= 0.3 is 12.1 Å². The first-order chi connectivity index (χ1) is 16.2. The Morgan fingerprint density at radius 2 is 1.68 bits per heavy atom. The minimum Gasteiger partial charge on any atom is -0.430 e. The number of alkyl halides is 3. The lowest BCUT2D eigenvalue weighted by Gasteiger charge is -2.40. The summed E-state index contributed by atoms with van der Waals surface area (Å²) < 4.78 is 77.6. The van der Waals surface area contributed by atoms with E-state index in [1.807, 2.05) is 35.2 Å². The maximum Gasteiger partial charge on any atom is 0.416 e. The first-order valence-corrected chi connectivity index (χ1v) is 10.4. The summed E-state index contributed by atoms with van der Waals surface area (Å²) in [5, 5.41) is 0. The van der Waals surface area contributed by atoms with E-state index in [1.165, 1.54) is 24.3 Å². The third-order valence-electron chi connectivity index (χ3n) is 5.44. The first-order valence-electron chi connectivity index (χ1n) is 10.4. The molecule has 1 fully saturated rings. The predicted molar refractivity (Wildman–Crippen MR) is 113 cm³/mol. The van der Waals surface area contributed by atoms with Gasteiger partial charge in [0.2, 0.25) is 6.29 Å². The molecule has 0 N–H and O–H groups in total. The van der Waals surface area contributed by atoms with Crippen LogP contribution in [-0.2, 0) is 22.2 Å². The Morgan fingerprint density at radius 1 is 0.971 bits per heavy atom. The van der Waals surface area contributed by atoms with Gasteiger partial charge in [0.25, 0.3) is 0 Å². The number of esters is 1. The number of ether oxygens (including phenoxy) is 2. The van der Waals surface area contributed by atoms with Crippen molar-refractivity contribution < 1.29 is 36.2 Å². The summed E-state index contributed by atoms with van der Waals surface area (Å²) in [5.41, 5.74) is -0.328. The molecule has 4 nitrogen and oxygen atoms in total. The monoisotopic (exact) mass is 477 g/mol. The Bertz CT molecular complexity index is 1140. The summed E-state index contributed by atoms with van der Waals surface area (Å²) in [6.45, 7) is 1.10. The summed E-state index contributed by atoms with van der Waals surface area (Å²) in [6, 6.07) is 15.9. The van der Waals surface area contributed by atoms with Crippen molar-refractivity contribution in [3.05, 3.63) is 107 Å². The van der Waals surface area contributed by atoms with Gasteiger partial charge in [-0.15, -0.1) is 0 Å². The molecule has 178 valence electrons. The number of halogens is 5. The second-order valence-electron chi connectivity index (χ2n) is 7.82. The van der Waals surface area contributed by atoms with Crippen molar-refractivity contribution in [2.24, 2.45) is 0 Å². The van der Waals surface area contributed by atoms with E-state index < -0.39 is 47.2 Å². The maximum atomic E-state index is 13.8. The fraction of sp³-hybridized carbons (Fsp3) is 0.240. The Morgan fingerprint density at radius 3 is 2.35 bits per heavy atom. The van der Waals surface area contributed by atoms with E-state index in [1.54, 1.807) is 0 Å². The molecule has 0 aromatic heterocycles. The molecule has 1 aliphatic heterocycles. The highest BCUT2D eigenvalue weighted by molar-refractivity contribution is 5.89. The summed E-state index contributed by atoms with van der Waals surface area (Å²) in [5.74, 6) is -2.83. The summed E-state index contributed by atoms with van der Waals surface area (Å²) >= 11 is 0. The Balaban J connectivity index is 1.63. The predicted octanol–water partition coefficient (Wildman–Crippen LogP) is 5.74. The number of nitrogens with zero attached hydrogens (tertiary/aromatic N) is 1. The largest absolute Gasteiger partial charge is 0.430 e. The number of morpholine rings is 1. The molecule has 0 bridgehead atoms. The van der Waals surface area contributed by atoms with E-state index in [4.69, 9.17) is 9.47 Å². The normalized spacial score (nSPS) is 19.1. The van der Waals surface area contributed by atoms with Crippen molar-refractivity contribution >= 4 is 5.97 Å². The average Bonchev–Trinajstić information content (AvgIpc) is 2.80. The molecule has 1 saturated heterocycles. The topological polar surface area (TPSA) is 38.8 Å². The standard InChI is InChI=1S/C25H20F5NO3/c26-20-8-6-17(7-9-20)22-24(33-11-10-31(22)15-16-4-2-1-3-5-16)34-23(32)18-12-19(25(28,29)30)14-21(27)13-18/h1-9,12-14,22,24H,10-11,15H2. The van der Waals surface area contributed by atoms with Gasteiger partial charge in [0.1, 0.15) is 11.6 Å². The van der Waals surface area contributed by atoms with Gasteiger partial charge in [-0.3, -0.25) is 4.90 Å². The fourth-order valence-electron chi connectivity index (χ4n) is 3.85. The molecule has 1 heterocycles. The highest BCUT2D eigenvalue weighted by atomic mass is 19.4. The summed E-state index contributed by atoms with van der Waals surface area (Å²) in [4.78, 5) is 14.7. The van der Waals surface area contributed by atoms with E-state index >= 15 is 0 Å². The Labute approximate surface area is 192 Å². The van der Waals surface area contributed by atoms with Crippen molar-refractivity contribution in [1.29, 1.82) is 0 Å². The lowest BCUT2D eigenvalue weighted by molar-refractivity contribution is -0.186. The quantitative estimate of drug-likeness (QED) is 0.347. The molecule has 0 aliphatic carbocycles. The fourth-order valence-corrected chi connectivity index (χ4v) is 3.85. The zero-order valence-electron chi connectivity index (χ0n) is 17.8. The second kappa shape index (κ2) is 9.90. The van der Waals surface area contributed by atoms with Crippen molar-refractivity contribution in [2.75, 3.05) is 13.2 Å². The molecule has 9 heteroatoms. The van der Waals surface area contributed by atoms with Crippen LogP contribution in [0.5, 0.6) is 0 Å². The van der Waals surface area contributed by atoms with E-state index in [-0.39, 0.29) is 6.61 Å². The third-order valence-corrected chi connectivity index (χ3v) is 5.44. The maximum absolute atomic E-state index is 13.8. The van der Waals surface area contributed by atoms with Crippen LogP contribution in [0.25, 0.3) is 0 Å². The van der Waals surface area contributed by atoms with Crippen LogP contribution in [0.15, 0.2) is 72.8 Å². The molecule has 0 spiro atoms. The molecule has 34 heavy (non-hydrogen) atoms. The van der Waals surface area contributed by atoms with E-state index in [9.17, 15) is 26.7 Å². The first kappa shape index (κ1) is 23.8. The third kappa shape index (κ3) is 5.60. The van der Waals surface area contributed by atoms with Gasteiger partial charge < -0.3 is 9.47 Å². The van der Waals surface area contributed by atoms with Crippen LogP contribution in [0, 0.1) is 11.6 Å².